The molecule has 0 heterocycles. The van der Waals surface area contributed by atoms with Gasteiger partial charge in [-0.25, -0.2) is 4.39 Å². The molecule has 4 unspecified atom stereocenters. The minimum Gasteiger partial charge on any atom is -0.324 e. The first-order valence-corrected chi connectivity index (χ1v) is 7.64. The van der Waals surface area contributed by atoms with Crippen LogP contribution < -0.4 is 5.73 Å². The van der Waals surface area contributed by atoms with Gasteiger partial charge in [-0.1, -0.05) is 18.6 Å². The van der Waals surface area contributed by atoms with Gasteiger partial charge in [0.25, 0.3) is 0 Å². The predicted molar refractivity (Wildman–Crippen MR) is 74.6 cm³/mol. The molecule has 2 bridgehead atoms. The maximum Gasteiger partial charge on any atom is 0.137 e. The molecule has 2 aliphatic rings. The highest BCUT2D eigenvalue weighted by atomic mass is 79.9. The second kappa shape index (κ2) is 4.93. The monoisotopic (exact) mass is 311 g/mol. The molecular formula is C15H19BrFN. The highest BCUT2D eigenvalue weighted by Crippen LogP contribution is 2.50. The molecule has 2 N–H and O–H groups in total. The quantitative estimate of drug-likeness (QED) is 0.879. The van der Waals surface area contributed by atoms with E-state index in [4.69, 9.17) is 5.73 Å². The number of halogens is 2. The lowest BCUT2D eigenvalue weighted by Gasteiger charge is -2.25. The van der Waals surface area contributed by atoms with E-state index in [1.54, 1.807) is 6.07 Å². The minimum atomic E-state index is -0.212. The minimum absolute atomic E-state index is 0.0422. The zero-order chi connectivity index (χ0) is 12.7. The molecule has 2 aliphatic carbocycles. The Morgan fingerprint density at radius 3 is 2.83 bits per heavy atom. The van der Waals surface area contributed by atoms with Crippen molar-refractivity contribution in [1.29, 1.82) is 0 Å². The smallest absolute Gasteiger partial charge is 0.137 e. The van der Waals surface area contributed by atoms with Crippen LogP contribution in [0.3, 0.4) is 0 Å². The van der Waals surface area contributed by atoms with E-state index in [1.807, 2.05) is 6.07 Å². The van der Waals surface area contributed by atoms with Crippen molar-refractivity contribution in [3.63, 3.8) is 0 Å². The Morgan fingerprint density at radius 2 is 2.17 bits per heavy atom. The molecular weight excluding hydrogens is 293 g/mol. The van der Waals surface area contributed by atoms with Gasteiger partial charge in [0.1, 0.15) is 5.82 Å². The summed E-state index contributed by atoms with van der Waals surface area (Å²) in [5.74, 6) is 2.38. The van der Waals surface area contributed by atoms with Crippen LogP contribution in [0.5, 0.6) is 0 Å². The summed E-state index contributed by atoms with van der Waals surface area (Å²) in [6.45, 7) is 0. The van der Waals surface area contributed by atoms with E-state index in [2.05, 4.69) is 15.9 Å². The molecule has 18 heavy (non-hydrogen) atoms. The SMILES string of the molecule is NC(CC1CC2CCC1C2)c1cccc(F)c1Br. The van der Waals surface area contributed by atoms with Crippen LogP contribution in [-0.2, 0) is 0 Å². The lowest BCUT2D eigenvalue weighted by molar-refractivity contribution is 0.295. The van der Waals surface area contributed by atoms with Crippen molar-refractivity contribution in [2.75, 3.05) is 0 Å². The summed E-state index contributed by atoms with van der Waals surface area (Å²) in [6, 6.07) is 5.11. The molecule has 2 fully saturated rings. The fourth-order valence-corrected chi connectivity index (χ4v) is 4.48. The average Bonchev–Trinajstić information content (AvgIpc) is 2.94. The third kappa shape index (κ3) is 2.23. The molecule has 1 aromatic carbocycles. The molecule has 3 rings (SSSR count). The van der Waals surface area contributed by atoms with E-state index in [-0.39, 0.29) is 11.9 Å². The Balaban J connectivity index is 1.71. The van der Waals surface area contributed by atoms with Crippen molar-refractivity contribution >= 4 is 15.9 Å². The van der Waals surface area contributed by atoms with Crippen molar-refractivity contribution in [3.05, 3.63) is 34.1 Å². The van der Waals surface area contributed by atoms with Gasteiger partial charge in [-0.3, -0.25) is 0 Å². The van der Waals surface area contributed by atoms with Crippen LogP contribution in [0.2, 0.25) is 0 Å². The van der Waals surface area contributed by atoms with Gasteiger partial charge in [0.15, 0.2) is 0 Å². The zero-order valence-electron chi connectivity index (χ0n) is 10.4. The summed E-state index contributed by atoms with van der Waals surface area (Å²) in [5, 5.41) is 0. The molecule has 98 valence electrons. The summed E-state index contributed by atoms with van der Waals surface area (Å²) >= 11 is 3.32. The average molecular weight is 312 g/mol. The lowest BCUT2D eigenvalue weighted by Crippen LogP contribution is -2.20. The number of nitrogens with two attached hydrogens (primary N) is 1. The molecule has 1 aromatic rings. The van der Waals surface area contributed by atoms with Gasteiger partial charge in [0, 0.05) is 6.04 Å². The van der Waals surface area contributed by atoms with E-state index in [0.29, 0.717) is 4.47 Å². The Labute approximate surface area is 116 Å². The normalized spacial score (nSPS) is 31.8. The summed E-state index contributed by atoms with van der Waals surface area (Å²) < 4.78 is 14.0. The van der Waals surface area contributed by atoms with Crippen LogP contribution >= 0.6 is 15.9 Å². The van der Waals surface area contributed by atoms with Crippen LogP contribution in [0, 0.1) is 23.6 Å². The molecule has 0 saturated heterocycles. The Kier molecular flexibility index (Phi) is 3.46. The van der Waals surface area contributed by atoms with Crippen molar-refractivity contribution < 1.29 is 4.39 Å². The number of benzene rings is 1. The standard InChI is InChI=1S/C15H19BrFN/c16-15-12(2-1-3-13(15)17)14(18)8-11-7-9-4-5-10(11)6-9/h1-3,9-11,14H,4-8,18H2. The van der Waals surface area contributed by atoms with Crippen LogP contribution in [0.4, 0.5) is 4.39 Å². The van der Waals surface area contributed by atoms with Gasteiger partial charge in [-0.15, -0.1) is 0 Å². The molecule has 4 atom stereocenters. The molecule has 0 aromatic heterocycles. The van der Waals surface area contributed by atoms with Gasteiger partial charge < -0.3 is 5.73 Å². The third-order valence-corrected chi connectivity index (χ3v) is 5.66. The maximum absolute atomic E-state index is 13.5. The van der Waals surface area contributed by atoms with Crippen molar-refractivity contribution in [2.45, 2.75) is 38.1 Å². The van der Waals surface area contributed by atoms with Gasteiger partial charge >= 0.3 is 0 Å². The second-order valence-electron chi connectivity index (χ2n) is 5.92. The van der Waals surface area contributed by atoms with Crippen LogP contribution in [0.1, 0.15) is 43.7 Å². The molecule has 1 nitrogen and oxygen atoms in total. The third-order valence-electron chi connectivity index (χ3n) is 4.82. The molecule has 2 saturated carbocycles. The number of hydrogen-bond donors (Lipinski definition) is 1. The first-order valence-electron chi connectivity index (χ1n) is 6.84. The second-order valence-corrected chi connectivity index (χ2v) is 6.71. The van der Waals surface area contributed by atoms with Gasteiger partial charge in [-0.2, -0.15) is 0 Å². The molecule has 0 amide bonds. The van der Waals surface area contributed by atoms with Crippen molar-refractivity contribution in [2.24, 2.45) is 23.5 Å². The van der Waals surface area contributed by atoms with Crippen LogP contribution in [0.25, 0.3) is 0 Å². The number of rotatable bonds is 3. The number of fused-ring (bicyclic) bond motifs is 2. The number of hydrogen-bond acceptors (Lipinski definition) is 1. The van der Waals surface area contributed by atoms with Gasteiger partial charge in [0.2, 0.25) is 0 Å². The van der Waals surface area contributed by atoms with E-state index in [1.165, 1.54) is 31.7 Å². The van der Waals surface area contributed by atoms with Crippen molar-refractivity contribution in [1.82, 2.24) is 0 Å². The van der Waals surface area contributed by atoms with E-state index >= 15 is 0 Å². The zero-order valence-corrected chi connectivity index (χ0v) is 12.0. The van der Waals surface area contributed by atoms with Gasteiger partial charge in [-0.05, 0) is 71.0 Å². The summed E-state index contributed by atoms with van der Waals surface area (Å²) in [6.07, 6.45) is 6.54. The largest absolute Gasteiger partial charge is 0.324 e. The highest BCUT2D eigenvalue weighted by molar-refractivity contribution is 9.10. The lowest BCUT2D eigenvalue weighted by atomic mass is 9.83. The van der Waals surface area contributed by atoms with E-state index in [0.717, 1.165) is 29.7 Å². The molecule has 3 heteroatoms. The molecule has 0 aliphatic heterocycles. The fraction of sp³-hybridized carbons (Fsp3) is 0.600. The van der Waals surface area contributed by atoms with E-state index in [9.17, 15) is 4.39 Å². The van der Waals surface area contributed by atoms with Crippen molar-refractivity contribution in [3.8, 4) is 0 Å². The Bertz CT molecular complexity index is 448. The topological polar surface area (TPSA) is 26.0 Å². The predicted octanol–water partition coefficient (Wildman–Crippen LogP) is 4.41. The summed E-state index contributed by atoms with van der Waals surface area (Å²) in [5.41, 5.74) is 7.19. The van der Waals surface area contributed by atoms with Gasteiger partial charge in [0.05, 0.1) is 4.47 Å². The summed E-state index contributed by atoms with van der Waals surface area (Å²) in [4.78, 5) is 0. The highest BCUT2D eigenvalue weighted by Gasteiger charge is 2.40. The Morgan fingerprint density at radius 1 is 1.33 bits per heavy atom. The first-order chi connectivity index (χ1) is 8.65. The maximum atomic E-state index is 13.5. The fourth-order valence-electron chi connectivity index (χ4n) is 3.93. The van der Waals surface area contributed by atoms with Crippen LogP contribution in [0.15, 0.2) is 22.7 Å². The van der Waals surface area contributed by atoms with E-state index < -0.39 is 0 Å². The molecule has 0 radical (unpaired) electrons. The van der Waals surface area contributed by atoms with Crippen LogP contribution in [-0.4, -0.2) is 0 Å². The Hall–Kier alpha value is -0.410. The summed E-state index contributed by atoms with van der Waals surface area (Å²) in [7, 11) is 0. The first kappa shape index (κ1) is 12.6. The molecule has 0 spiro atoms.